The lowest BCUT2D eigenvalue weighted by atomic mass is 10.1. The average Bonchev–Trinajstić information content (AvgIpc) is 2.99. The van der Waals surface area contributed by atoms with Gasteiger partial charge in [0.2, 0.25) is 0 Å². The highest BCUT2D eigenvalue weighted by molar-refractivity contribution is 5.62. The number of imidazole rings is 1. The van der Waals surface area contributed by atoms with Gasteiger partial charge in [-0.05, 0) is 36.2 Å². The summed E-state index contributed by atoms with van der Waals surface area (Å²) in [5.41, 5.74) is 10.1. The first-order chi connectivity index (χ1) is 10.3. The summed E-state index contributed by atoms with van der Waals surface area (Å²) < 4.78 is 2.06. The number of nitrogen functional groups attached to an aromatic ring is 1. The third-order valence-electron chi connectivity index (χ3n) is 3.47. The molecule has 106 valence electrons. The number of anilines is 1. The van der Waals surface area contributed by atoms with Gasteiger partial charge < -0.3 is 5.73 Å². The van der Waals surface area contributed by atoms with Gasteiger partial charge in [-0.15, -0.1) is 0 Å². The monoisotopic (exact) mass is 278 g/mol. The van der Waals surface area contributed by atoms with E-state index in [0.29, 0.717) is 5.82 Å². The Morgan fingerprint density at radius 2 is 1.86 bits per heavy atom. The van der Waals surface area contributed by atoms with Crippen molar-refractivity contribution in [1.82, 2.24) is 14.5 Å². The quantitative estimate of drug-likeness (QED) is 0.795. The zero-order chi connectivity index (χ0) is 14.7. The lowest BCUT2D eigenvalue weighted by molar-refractivity contribution is 0.920. The predicted molar refractivity (Wildman–Crippen MR) is 85.2 cm³/mol. The zero-order valence-corrected chi connectivity index (χ0v) is 12.0. The number of hydrogen-bond donors (Lipinski definition) is 1. The van der Waals surface area contributed by atoms with Crippen LogP contribution in [0.25, 0.3) is 16.9 Å². The number of rotatable bonds is 4. The Labute approximate surface area is 124 Å². The maximum absolute atomic E-state index is 5.64. The molecule has 2 N–H and O–H groups in total. The lowest BCUT2D eigenvalue weighted by Crippen LogP contribution is -1.97. The molecule has 0 spiro atoms. The van der Waals surface area contributed by atoms with Crippen LogP contribution in [0.2, 0.25) is 0 Å². The Hall–Kier alpha value is -2.62. The van der Waals surface area contributed by atoms with Crippen LogP contribution in [0.4, 0.5) is 5.82 Å². The van der Waals surface area contributed by atoms with Crippen molar-refractivity contribution in [3.63, 3.8) is 0 Å². The van der Waals surface area contributed by atoms with E-state index in [2.05, 4.69) is 45.7 Å². The third-order valence-corrected chi connectivity index (χ3v) is 3.47. The largest absolute Gasteiger partial charge is 0.384 e. The molecule has 0 aliphatic heterocycles. The molecule has 3 aromatic rings. The normalized spacial score (nSPS) is 10.7. The van der Waals surface area contributed by atoms with Crippen LogP contribution in [0.3, 0.4) is 0 Å². The highest BCUT2D eigenvalue weighted by atomic mass is 15.1. The van der Waals surface area contributed by atoms with Gasteiger partial charge in [0, 0.05) is 17.4 Å². The molecule has 0 bridgehead atoms. The van der Waals surface area contributed by atoms with Gasteiger partial charge >= 0.3 is 0 Å². The molecule has 2 aromatic heterocycles. The van der Waals surface area contributed by atoms with Crippen LogP contribution < -0.4 is 5.73 Å². The van der Waals surface area contributed by atoms with Crippen molar-refractivity contribution >= 4 is 5.82 Å². The van der Waals surface area contributed by atoms with E-state index in [1.165, 1.54) is 5.56 Å². The van der Waals surface area contributed by atoms with E-state index in [9.17, 15) is 0 Å². The van der Waals surface area contributed by atoms with Crippen molar-refractivity contribution in [3.05, 3.63) is 60.7 Å². The number of nitrogens with zero attached hydrogens (tertiary/aromatic N) is 3. The van der Waals surface area contributed by atoms with Gasteiger partial charge in [0.25, 0.3) is 0 Å². The molecule has 0 fully saturated rings. The smallest absolute Gasteiger partial charge is 0.123 e. The van der Waals surface area contributed by atoms with Crippen molar-refractivity contribution in [1.29, 1.82) is 0 Å². The zero-order valence-electron chi connectivity index (χ0n) is 12.0. The predicted octanol–water partition coefficient (Wildman–Crippen LogP) is 3.47. The standard InChI is InChI=1S/C17H18N4/c1-2-3-13-4-7-15(8-5-13)21-12-19-11-16(21)14-6-9-17(18)20-10-14/h4-12H,2-3H2,1H3,(H2,18,20). The second-order valence-electron chi connectivity index (χ2n) is 5.04. The van der Waals surface area contributed by atoms with Gasteiger partial charge in [-0.2, -0.15) is 0 Å². The van der Waals surface area contributed by atoms with Crippen LogP contribution in [0.15, 0.2) is 55.1 Å². The van der Waals surface area contributed by atoms with Crippen LogP contribution in [0.5, 0.6) is 0 Å². The maximum atomic E-state index is 5.64. The summed E-state index contributed by atoms with van der Waals surface area (Å²) in [7, 11) is 0. The number of nitrogens with two attached hydrogens (primary N) is 1. The van der Waals surface area contributed by atoms with Gasteiger partial charge in [-0.1, -0.05) is 25.5 Å². The molecule has 0 saturated heterocycles. The van der Waals surface area contributed by atoms with Crippen molar-refractivity contribution in [2.75, 3.05) is 5.73 Å². The molecule has 0 radical (unpaired) electrons. The van der Waals surface area contributed by atoms with Gasteiger partial charge in [0.15, 0.2) is 0 Å². The van der Waals surface area contributed by atoms with Crippen molar-refractivity contribution < 1.29 is 0 Å². The molecule has 0 unspecified atom stereocenters. The van der Waals surface area contributed by atoms with Crippen LogP contribution >= 0.6 is 0 Å². The highest BCUT2D eigenvalue weighted by Crippen LogP contribution is 2.22. The molecule has 0 atom stereocenters. The Morgan fingerprint density at radius 3 is 2.52 bits per heavy atom. The van der Waals surface area contributed by atoms with Crippen LogP contribution in [0.1, 0.15) is 18.9 Å². The first-order valence-electron chi connectivity index (χ1n) is 7.11. The number of benzene rings is 1. The summed E-state index contributed by atoms with van der Waals surface area (Å²) >= 11 is 0. The van der Waals surface area contributed by atoms with E-state index in [0.717, 1.165) is 29.8 Å². The Balaban J connectivity index is 1.96. The molecule has 4 nitrogen and oxygen atoms in total. The average molecular weight is 278 g/mol. The minimum Gasteiger partial charge on any atom is -0.384 e. The lowest BCUT2D eigenvalue weighted by Gasteiger charge is -2.09. The van der Waals surface area contributed by atoms with Crippen LogP contribution in [-0.4, -0.2) is 14.5 Å². The molecule has 3 rings (SSSR count). The fourth-order valence-electron chi connectivity index (χ4n) is 2.38. The second-order valence-corrected chi connectivity index (χ2v) is 5.04. The summed E-state index contributed by atoms with van der Waals surface area (Å²) in [6.45, 7) is 2.19. The first kappa shape index (κ1) is 13.4. The molecule has 0 aliphatic carbocycles. The molecule has 1 aromatic carbocycles. The fraction of sp³-hybridized carbons (Fsp3) is 0.176. The van der Waals surface area contributed by atoms with Crippen molar-refractivity contribution in [2.45, 2.75) is 19.8 Å². The van der Waals surface area contributed by atoms with Crippen molar-refractivity contribution in [2.24, 2.45) is 0 Å². The molecule has 2 heterocycles. The fourth-order valence-corrected chi connectivity index (χ4v) is 2.38. The Bertz CT molecular complexity index is 711. The number of pyridine rings is 1. The molecular formula is C17H18N4. The summed E-state index contributed by atoms with van der Waals surface area (Å²) in [5, 5.41) is 0. The Kier molecular flexibility index (Phi) is 3.69. The number of hydrogen-bond acceptors (Lipinski definition) is 3. The van der Waals surface area contributed by atoms with E-state index in [1.807, 2.05) is 18.6 Å². The first-order valence-corrected chi connectivity index (χ1v) is 7.11. The molecule has 0 amide bonds. The third kappa shape index (κ3) is 2.79. The minimum atomic E-state index is 0.522. The molecule has 4 heteroatoms. The maximum Gasteiger partial charge on any atom is 0.123 e. The van der Waals surface area contributed by atoms with Gasteiger partial charge in [0.1, 0.15) is 5.82 Å². The van der Waals surface area contributed by atoms with E-state index in [1.54, 1.807) is 12.3 Å². The molecule has 0 aliphatic rings. The van der Waals surface area contributed by atoms with Gasteiger partial charge in [-0.25, -0.2) is 9.97 Å². The van der Waals surface area contributed by atoms with Crippen LogP contribution in [-0.2, 0) is 6.42 Å². The summed E-state index contributed by atoms with van der Waals surface area (Å²) in [6, 6.07) is 12.4. The summed E-state index contributed by atoms with van der Waals surface area (Å²) in [6.07, 6.45) is 7.70. The topological polar surface area (TPSA) is 56.7 Å². The van der Waals surface area contributed by atoms with Crippen LogP contribution in [0, 0.1) is 0 Å². The van der Waals surface area contributed by atoms with Gasteiger partial charge in [0.05, 0.1) is 18.2 Å². The van der Waals surface area contributed by atoms with Gasteiger partial charge in [-0.3, -0.25) is 4.57 Å². The summed E-state index contributed by atoms with van der Waals surface area (Å²) in [4.78, 5) is 8.41. The number of aryl methyl sites for hydroxylation is 1. The van der Waals surface area contributed by atoms with E-state index < -0.39 is 0 Å². The SMILES string of the molecule is CCCc1ccc(-n2cncc2-c2ccc(N)nc2)cc1. The van der Waals surface area contributed by atoms with E-state index >= 15 is 0 Å². The van der Waals surface area contributed by atoms with Crippen molar-refractivity contribution in [3.8, 4) is 16.9 Å². The molecule has 21 heavy (non-hydrogen) atoms. The van der Waals surface area contributed by atoms with E-state index in [4.69, 9.17) is 5.73 Å². The summed E-state index contributed by atoms with van der Waals surface area (Å²) in [5.74, 6) is 0.522. The minimum absolute atomic E-state index is 0.522. The Morgan fingerprint density at radius 1 is 1.05 bits per heavy atom. The second kappa shape index (κ2) is 5.79. The molecule has 0 saturated carbocycles. The number of aromatic nitrogens is 3. The molecular weight excluding hydrogens is 260 g/mol. The van der Waals surface area contributed by atoms with E-state index in [-0.39, 0.29) is 0 Å². The highest BCUT2D eigenvalue weighted by Gasteiger charge is 2.07.